The van der Waals surface area contributed by atoms with Gasteiger partial charge in [-0.1, -0.05) is 12.1 Å². The second kappa shape index (κ2) is 6.92. The van der Waals surface area contributed by atoms with Crippen LogP contribution in [-0.4, -0.2) is 23.6 Å². The number of carbonyl (C=O) groups is 2. The van der Waals surface area contributed by atoms with Crippen LogP contribution in [0, 0.1) is 13.8 Å². The Morgan fingerprint density at radius 1 is 1.20 bits per heavy atom. The van der Waals surface area contributed by atoms with Gasteiger partial charge in [-0.2, -0.15) is 0 Å². The lowest BCUT2D eigenvalue weighted by atomic mass is 10.1. The van der Waals surface area contributed by atoms with Gasteiger partial charge in [0.1, 0.15) is 0 Å². The maximum absolute atomic E-state index is 13.1. The maximum atomic E-state index is 13.1. The smallest absolute Gasteiger partial charge is 0.258 e. The Balaban J connectivity index is 1.95. The molecule has 0 saturated carbocycles. The number of anilines is 2. The summed E-state index contributed by atoms with van der Waals surface area (Å²) in [5, 5.41) is 2.78. The minimum absolute atomic E-state index is 0.0241. The lowest BCUT2D eigenvalue weighted by Gasteiger charge is -2.25. The highest BCUT2D eigenvalue weighted by atomic mass is 32.2. The topological polar surface area (TPSA) is 49.4 Å². The van der Waals surface area contributed by atoms with Crippen LogP contribution >= 0.6 is 11.8 Å². The normalized spacial score (nSPS) is 16.2. The van der Waals surface area contributed by atoms with Crippen molar-refractivity contribution in [3.05, 3.63) is 53.1 Å². The third-order valence-corrected chi connectivity index (χ3v) is 5.55. The summed E-state index contributed by atoms with van der Waals surface area (Å²) in [5.74, 6) is -0.0825. The van der Waals surface area contributed by atoms with Crippen molar-refractivity contribution in [3.63, 3.8) is 0 Å². The van der Waals surface area contributed by atoms with Crippen LogP contribution < -0.4 is 10.2 Å². The molecular formula is C20H22N2O2S. The molecule has 1 atom stereocenters. The Morgan fingerprint density at radius 3 is 2.68 bits per heavy atom. The zero-order chi connectivity index (χ0) is 18.1. The van der Waals surface area contributed by atoms with E-state index in [9.17, 15) is 9.59 Å². The van der Waals surface area contributed by atoms with E-state index in [1.54, 1.807) is 11.0 Å². The molecule has 1 aliphatic rings. The van der Waals surface area contributed by atoms with Gasteiger partial charge in [-0.05, 0) is 63.1 Å². The number of nitrogens with one attached hydrogen (secondary N) is 1. The summed E-state index contributed by atoms with van der Waals surface area (Å²) in [6.07, 6.45) is 0. The highest BCUT2D eigenvalue weighted by molar-refractivity contribution is 8.00. The van der Waals surface area contributed by atoms with E-state index in [-0.39, 0.29) is 17.1 Å². The number of hydrogen-bond donors (Lipinski definition) is 1. The molecule has 0 aliphatic carbocycles. The van der Waals surface area contributed by atoms with Crippen LogP contribution in [0.15, 0.2) is 41.3 Å². The number of nitrogens with zero attached hydrogens (tertiary/aromatic N) is 1. The number of carbonyl (C=O) groups excluding carboxylic acids is 2. The molecule has 130 valence electrons. The van der Waals surface area contributed by atoms with Crippen molar-refractivity contribution in [1.82, 2.24) is 0 Å². The van der Waals surface area contributed by atoms with E-state index in [0.29, 0.717) is 12.1 Å². The average molecular weight is 354 g/mol. The Hall–Kier alpha value is -2.27. The van der Waals surface area contributed by atoms with Crippen LogP contribution in [0.2, 0.25) is 0 Å². The number of thioether (sulfide) groups is 1. The highest BCUT2D eigenvalue weighted by Gasteiger charge is 2.25. The number of amides is 2. The first kappa shape index (κ1) is 17.5. The zero-order valence-corrected chi connectivity index (χ0v) is 15.7. The van der Waals surface area contributed by atoms with Crippen molar-refractivity contribution in [1.29, 1.82) is 0 Å². The molecule has 2 amide bonds. The Labute approximate surface area is 152 Å². The van der Waals surface area contributed by atoms with Crippen molar-refractivity contribution >= 4 is 35.0 Å². The van der Waals surface area contributed by atoms with E-state index < -0.39 is 0 Å². The summed E-state index contributed by atoms with van der Waals surface area (Å²) in [7, 11) is 0. The molecule has 3 rings (SSSR count). The molecule has 0 radical (unpaired) electrons. The largest absolute Gasteiger partial charge is 0.324 e. The van der Waals surface area contributed by atoms with Gasteiger partial charge in [-0.3, -0.25) is 9.59 Å². The van der Waals surface area contributed by atoms with Gasteiger partial charge in [0.05, 0.1) is 10.9 Å². The van der Waals surface area contributed by atoms with E-state index in [2.05, 4.69) is 5.32 Å². The van der Waals surface area contributed by atoms with E-state index in [1.165, 1.54) is 11.8 Å². The van der Waals surface area contributed by atoms with Gasteiger partial charge in [0.2, 0.25) is 5.91 Å². The van der Waals surface area contributed by atoms with Crippen molar-refractivity contribution in [2.24, 2.45) is 0 Å². The Morgan fingerprint density at radius 2 is 1.96 bits per heavy atom. The predicted molar refractivity (Wildman–Crippen MR) is 104 cm³/mol. The van der Waals surface area contributed by atoms with Gasteiger partial charge in [0.25, 0.3) is 5.91 Å². The van der Waals surface area contributed by atoms with Crippen LogP contribution in [0.1, 0.15) is 35.3 Å². The summed E-state index contributed by atoms with van der Waals surface area (Å²) in [4.78, 5) is 27.8. The van der Waals surface area contributed by atoms with Gasteiger partial charge < -0.3 is 10.2 Å². The van der Waals surface area contributed by atoms with E-state index in [1.807, 2.05) is 58.0 Å². The fraction of sp³-hybridized carbons (Fsp3) is 0.300. The fourth-order valence-corrected chi connectivity index (χ4v) is 3.86. The molecule has 25 heavy (non-hydrogen) atoms. The minimum atomic E-state index is -0.115. The van der Waals surface area contributed by atoms with E-state index >= 15 is 0 Å². The molecule has 4 nitrogen and oxygen atoms in total. The van der Waals surface area contributed by atoms with E-state index in [0.717, 1.165) is 27.4 Å². The minimum Gasteiger partial charge on any atom is -0.324 e. The molecular weight excluding hydrogens is 332 g/mol. The second-order valence-corrected chi connectivity index (χ2v) is 7.68. The van der Waals surface area contributed by atoms with Crippen LogP contribution in [0.25, 0.3) is 0 Å². The van der Waals surface area contributed by atoms with Crippen molar-refractivity contribution in [2.45, 2.75) is 37.8 Å². The molecule has 0 bridgehead atoms. The third kappa shape index (κ3) is 3.42. The molecule has 1 aliphatic heterocycles. The quantitative estimate of drug-likeness (QED) is 0.888. The number of hydrogen-bond acceptors (Lipinski definition) is 3. The maximum Gasteiger partial charge on any atom is 0.258 e. The SMILES string of the molecule is CCN(C(=O)c1ccc2c(c1)NC(=O)C(C)S2)c1cc(C)ccc1C. The first-order chi connectivity index (χ1) is 11.9. The van der Waals surface area contributed by atoms with Gasteiger partial charge in [-0.15, -0.1) is 11.8 Å². The Bertz CT molecular complexity index is 848. The molecule has 5 heteroatoms. The van der Waals surface area contributed by atoms with Crippen LogP contribution in [0.4, 0.5) is 11.4 Å². The van der Waals surface area contributed by atoms with Crippen molar-refractivity contribution in [3.8, 4) is 0 Å². The van der Waals surface area contributed by atoms with Gasteiger partial charge >= 0.3 is 0 Å². The molecule has 0 saturated heterocycles. The molecule has 1 unspecified atom stereocenters. The predicted octanol–water partition coefficient (Wildman–Crippen LogP) is 4.40. The van der Waals surface area contributed by atoms with Crippen molar-refractivity contribution in [2.75, 3.05) is 16.8 Å². The molecule has 2 aromatic carbocycles. The average Bonchev–Trinajstić information content (AvgIpc) is 2.59. The molecule has 1 N–H and O–H groups in total. The summed E-state index contributed by atoms with van der Waals surface area (Å²) in [5.41, 5.74) is 4.41. The van der Waals surface area contributed by atoms with Gasteiger partial charge in [0.15, 0.2) is 0 Å². The van der Waals surface area contributed by atoms with Crippen LogP contribution in [-0.2, 0) is 4.79 Å². The number of benzene rings is 2. The standard InChI is InChI=1S/C20H22N2O2S/c1-5-22(17-10-12(2)6-7-13(17)3)20(24)15-8-9-18-16(11-15)21-19(23)14(4)25-18/h6-11,14H,5H2,1-4H3,(H,21,23). The van der Waals surface area contributed by atoms with Crippen LogP contribution in [0.3, 0.4) is 0 Å². The molecule has 0 aromatic heterocycles. The summed E-state index contributed by atoms with van der Waals surface area (Å²) in [6, 6.07) is 11.7. The second-order valence-electron chi connectivity index (χ2n) is 6.30. The summed E-state index contributed by atoms with van der Waals surface area (Å²) < 4.78 is 0. The number of fused-ring (bicyclic) bond motifs is 1. The summed E-state index contributed by atoms with van der Waals surface area (Å²) >= 11 is 1.52. The number of aryl methyl sites for hydroxylation is 2. The third-order valence-electron chi connectivity index (χ3n) is 4.37. The van der Waals surface area contributed by atoms with E-state index in [4.69, 9.17) is 0 Å². The molecule has 0 fully saturated rings. The van der Waals surface area contributed by atoms with Gasteiger partial charge in [-0.25, -0.2) is 0 Å². The first-order valence-electron chi connectivity index (χ1n) is 8.41. The van der Waals surface area contributed by atoms with Crippen molar-refractivity contribution < 1.29 is 9.59 Å². The van der Waals surface area contributed by atoms with Gasteiger partial charge in [0, 0.05) is 22.7 Å². The lowest BCUT2D eigenvalue weighted by molar-refractivity contribution is -0.115. The number of rotatable bonds is 3. The Kier molecular flexibility index (Phi) is 4.86. The monoisotopic (exact) mass is 354 g/mol. The first-order valence-corrected chi connectivity index (χ1v) is 9.29. The lowest BCUT2D eigenvalue weighted by Crippen LogP contribution is -2.32. The molecule has 0 spiro atoms. The molecule has 1 heterocycles. The highest BCUT2D eigenvalue weighted by Crippen LogP contribution is 2.36. The fourth-order valence-electron chi connectivity index (χ4n) is 2.93. The van der Waals surface area contributed by atoms with Crippen LogP contribution in [0.5, 0.6) is 0 Å². The zero-order valence-electron chi connectivity index (χ0n) is 14.9. The summed E-state index contributed by atoms with van der Waals surface area (Å²) in [6.45, 7) is 8.46. The molecule has 2 aromatic rings.